The first-order valence-corrected chi connectivity index (χ1v) is 8.55. The molecule has 1 aliphatic heterocycles. The van der Waals surface area contributed by atoms with Crippen LogP contribution in [0.1, 0.15) is 25.7 Å². The minimum Gasteiger partial charge on any atom is -0.353 e. The van der Waals surface area contributed by atoms with Gasteiger partial charge in [-0.3, -0.25) is 9.48 Å². The number of rotatable bonds is 6. The summed E-state index contributed by atoms with van der Waals surface area (Å²) < 4.78 is 1.74. The van der Waals surface area contributed by atoms with Gasteiger partial charge in [0.2, 0.25) is 5.91 Å². The number of hydrogen-bond donors (Lipinski definition) is 3. The lowest BCUT2D eigenvalue weighted by atomic mass is 9.93. The van der Waals surface area contributed by atoms with Crippen LogP contribution in [-0.2, 0) is 11.8 Å². The molecular weight excluding hydrogens is 302 g/mol. The van der Waals surface area contributed by atoms with E-state index < -0.39 is 0 Å². The van der Waals surface area contributed by atoms with Gasteiger partial charge in [0, 0.05) is 31.0 Å². The van der Waals surface area contributed by atoms with Crippen molar-refractivity contribution in [1.82, 2.24) is 15.1 Å². The molecule has 0 saturated carbocycles. The maximum Gasteiger partial charge on any atom is 0.224 e. The van der Waals surface area contributed by atoms with E-state index in [9.17, 15) is 4.79 Å². The number of aryl methyl sites for hydroxylation is 1. The molecule has 1 fully saturated rings. The highest BCUT2D eigenvalue weighted by Crippen LogP contribution is 2.21. The third-order valence-electron chi connectivity index (χ3n) is 4.38. The first-order chi connectivity index (χ1) is 11.7. The molecule has 6 nitrogen and oxygen atoms in total. The Kier molecular flexibility index (Phi) is 5.48. The Labute approximate surface area is 142 Å². The molecule has 1 aromatic heterocycles. The first kappa shape index (κ1) is 16.5. The Morgan fingerprint density at radius 2 is 2.08 bits per heavy atom. The molecule has 1 amide bonds. The molecule has 3 rings (SSSR count). The largest absolute Gasteiger partial charge is 0.353 e. The summed E-state index contributed by atoms with van der Waals surface area (Å²) in [5.74, 6) is 0.766. The third-order valence-corrected chi connectivity index (χ3v) is 4.38. The van der Waals surface area contributed by atoms with Crippen LogP contribution in [0.15, 0.2) is 36.7 Å². The van der Waals surface area contributed by atoms with Crippen molar-refractivity contribution in [2.45, 2.75) is 25.7 Å². The molecule has 2 aromatic rings. The average molecular weight is 327 g/mol. The molecule has 0 bridgehead atoms. The molecule has 0 atom stereocenters. The van der Waals surface area contributed by atoms with Gasteiger partial charge in [-0.2, -0.15) is 5.10 Å². The highest BCUT2D eigenvalue weighted by Gasteiger charge is 2.14. The van der Waals surface area contributed by atoms with Crippen molar-refractivity contribution < 1.29 is 4.79 Å². The molecule has 0 spiro atoms. The second-order valence-corrected chi connectivity index (χ2v) is 6.39. The molecular formula is C18H25N5O. The van der Waals surface area contributed by atoms with Crippen LogP contribution in [-0.4, -0.2) is 28.8 Å². The fourth-order valence-corrected chi connectivity index (χ4v) is 3.06. The Hall–Kier alpha value is -2.34. The number of carbonyl (C=O) groups is 1. The zero-order valence-corrected chi connectivity index (χ0v) is 14.1. The van der Waals surface area contributed by atoms with Crippen molar-refractivity contribution >= 4 is 23.0 Å². The van der Waals surface area contributed by atoms with Crippen molar-refractivity contribution in [1.29, 1.82) is 0 Å². The van der Waals surface area contributed by atoms with Gasteiger partial charge in [0.15, 0.2) is 0 Å². The second kappa shape index (κ2) is 7.97. The van der Waals surface area contributed by atoms with Gasteiger partial charge in [-0.15, -0.1) is 0 Å². The minimum atomic E-state index is 0.0899. The molecule has 24 heavy (non-hydrogen) atoms. The fraction of sp³-hybridized carbons (Fsp3) is 0.444. The van der Waals surface area contributed by atoms with Crippen molar-refractivity contribution in [3.63, 3.8) is 0 Å². The smallest absolute Gasteiger partial charge is 0.224 e. The normalized spacial score (nSPS) is 15.2. The van der Waals surface area contributed by atoms with Gasteiger partial charge in [0.1, 0.15) is 0 Å². The quantitative estimate of drug-likeness (QED) is 0.763. The van der Waals surface area contributed by atoms with Gasteiger partial charge >= 0.3 is 0 Å². The van der Waals surface area contributed by atoms with E-state index in [4.69, 9.17) is 0 Å². The summed E-state index contributed by atoms with van der Waals surface area (Å²) in [6.07, 6.45) is 7.59. The number of nitrogens with one attached hydrogen (secondary N) is 3. The maximum atomic E-state index is 12.2. The number of carbonyl (C=O) groups excluding carboxylic acids is 1. The van der Waals surface area contributed by atoms with Gasteiger partial charge in [-0.1, -0.05) is 6.07 Å². The number of piperidine rings is 1. The summed E-state index contributed by atoms with van der Waals surface area (Å²) in [6.45, 7) is 2.16. The van der Waals surface area contributed by atoms with Gasteiger partial charge in [-0.05, 0) is 56.5 Å². The van der Waals surface area contributed by atoms with Crippen LogP contribution in [0.2, 0.25) is 0 Å². The number of benzene rings is 1. The molecule has 1 aliphatic rings. The van der Waals surface area contributed by atoms with Crippen LogP contribution in [0.3, 0.4) is 0 Å². The molecule has 3 N–H and O–H groups in total. The highest BCUT2D eigenvalue weighted by molar-refractivity contribution is 5.91. The molecule has 2 heterocycles. The van der Waals surface area contributed by atoms with E-state index in [1.54, 1.807) is 10.9 Å². The van der Waals surface area contributed by atoms with E-state index >= 15 is 0 Å². The summed E-state index contributed by atoms with van der Waals surface area (Å²) >= 11 is 0. The van der Waals surface area contributed by atoms with E-state index in [-0.39, 0.29) is 5.91 Å². The minimum absolute atomic E-state index is 0.0899. The van der Waals surface area contributed by atoms with Crippen molar-refractivity contribution in [3.05, 3.63) is 36.7 Å². The third kappa shape index (κ3) is 4.83. The Morgan fingerprint density at radius 1 is 1.29 bits per heavy atom. The highest BCUT2D eigenvalue weighted by atomic mass is 16.1. The lowest BCUT2D eigenvalue weighted by Crippen LogP contribution is -2.28. The van der Waals surface area contributed by atoms with Crippen molar-refractivity contribution in [2.75, 3.05) is 23.7 Å². The molecule has 0 radical (unpaired) electrons. The SMILES string of the molecule is Cn1cc(Nc2cccc(NC(=O)CCC3CCNCC3)c2)cn1. The van der Waals surface area contributed by atoms with Crippen molar-refractivity contribution in [2.24, 2.45) is 13.0 Å². The first-order valence-electron chi connectivity index (χ1n) is 8.55. The van der Waals surface area contributed by atoms with Crippen molar-refractivity contribution in [3.8, 4) is 0 Å². The summed E-state index contributed by atoms with van der Waals surface area (Å²) in [4.78, 5) is 12.2. The van der Waals surface area contributed by atoms with E-state index in [0.29, 0.717) is 12.3 Å². The topological polar surface area (TPSA) is 71.0 Å². The lowest BCUT2D eigenvalue weighted by molar-refractivity contribution is -0.116. The van der Waals surface area contributed by atoms with E-state index in [0.717, 1.165) is 36.6 Å². The monoisotopic (exact) mass is 327 g/mol. The average Bonchev–Trinajstić information content (AvgIpc) is 2.99. The molecule has 0 aliphatic carbocycles. The fourth-order valence-electron chi connectivity index (χ4n) is 3.06. The Bertz CT molecular complexity index is 676. The molecule has 0 unspecified atom stereocenters. The van der Waals surface area contributed by atoms with Gasteiger partial charge in [0.25, 0.3) is 0 Å². The number of hydrogen-bond acceptors (Lipinski definition) is 4. The van der Waals surface area contributed by atoms with Gasteiger partial charge in [0.05, 0.1) is 11.9 Å². The lowest BCUT2D eigenvalue weighted by Gasteiger charge is -2.22. The van der Waals surface area contributed by atoms with Gasteiger partial charge < -0.3 is 16.0 Å². The second-order valence-electron chi connectivity index (χ2n) is 6.39. The van der Waals surface area contributed by atoms with Gasteiger partial charge in [-0.25, -0.2) is 0 Å². The van der Waals surface area contributed by atoms with Crippen LogP contribution in [0.4, 0.5) is 17.1 Å². The summed E-state index contributed by atoms with van der Waals surface area (Å²) in [5, 5.41) is 13.8. The van der Waals surface area contributed by atoms with Crippen LogP contribution < -0.4 is 16.0 Å². The van der Waals surface area contributed by atoms with E-state index in [2.05, 4.69) is 21.0 Å². The number of aromatic nitrogens is 2. The van der Waals surface area contributed by atoms with E-state index in [1.807, 2.05) is 37.5 Å². The van der Waals surface area contributed by atoms with Crippen LogP contribution in [0.25, 0.3) is 0 Å². The predicted molar refractivity (Wildman–Crippen MR) is 96.4 cm³/mol. The maximum absolute atomic E-state index is 12.2. The predicted octanol–water partition coefficient (Wildman–Crippen LogP) is 2.88. The molecule has 6 heteroatoms. The Morgan fingerprint density at radius 3 is 2.83 bits per heavy atom. The van der Waals surface area contributed by atoms with Crippen LogP contribution in [0.5, 0.6) is 0 Å². The number of anilines is 3. The zero-order chi connectivity index (χ0) is 16.8. The standard InChI is InChI=1S/C18H25N5O/c1-23-13-17(12-20-23)21-15-3-2-4-16(11-15)22-18(24)6-5-14-7-9-19-10-8-14/h2-4,11-14,19,21H,5-10H2,1H3,(H,22,24). The molecule has 128 valence electrons. The summed E-state index contributed by atoms with van der Waals surface area (Å²) in [6, 6.07) is 7.76. The van der Waals surface area contributed by atoms with Crippen LogP contribution in [0, 0.1) is 5.92 Å². The molecule has 1 aromatic carbocycles. The summed E-state index contributed by atoms with van der Waals surface area (Å²) in [7, 11) is 1.88. The summed E-state index contributed by atoms with van der Waals surface area (Å²) in [5.41, 5.74) is 2.67. The Balaban J connectivity index is 1.50. The zero-order valence-electron chi connectivity index (χ0n) is 14.1. The molecule has 1 saturated heterocycles. The number of nitrogens with zero attached hydrogens (tertiary/aromatic N) is 2. The van der Waals surface area contributed by atoms with E-state index in [1.165, 1.54) is 12.8 Å². The number of amides is 1. The van der Waals surface area contributed by atoms with Crippen LogP contribution >= 0.6 is 0 Å².